The molecule has 0 bridgehead atoms. The minimum Gasteiger partial charge on any atom is -1.00 e. The Hall–Kier alpha value is -1.68. The Labute approximate surface area is 164 Å². The second-order valence-electron chi connectivity index (χ2n) is 7.45. The van der Waals surface area contributed by atoms with Gasteiger partial charge >= 0.3 is 0 Å². The number of halogens is 1. The maximum Gasteiger partial charge on any atom is 0.258 e. The SMILES string of the molecule is CCCCCCCCCCCc1n(C(C)O)cc[n+]1Cc1ccccc1.[F-]. The van der Waals surface area contributed by atoms with E-state index in [9.17, 15) is 5.11 Å². The molecule has 1 N–H and O–H groups in total. The van der Waals surface area contributed by atoms with Crippen LogP contribution in [0.2, 0.25) is 0 Å². The molecule has 1 aromatic heterocycles. The molecule has 4 heteroatoms. The molecule has 2 rings (SSSR count). The van der Waals surface area contributed by atoms with Crippen molar-refractivity contribution < 1.29 is 14.4 Å². The zero-order valence-electron chi connectivity index (χ0n) is 17.1. The van der Waals surface area contributed by atoms with Crippen LogP contribution >= 0.6 is 0 Å². The standard InChI is InChI=1S/C23H37N2O.FH/c1-3-4-5-6-7-8-9-10-14-17-23-24(18-19-25(23)21(2)26)20-22-15-12-11-13-16-22;/h11-13,15-16,18-19,21,26H,3-10,14,17,20H2,1-2H3;1H/q+1;/p-1. The molecule has 0 radical (unpaired) electrons. The van der Waals surface area contributed by atoms with E-state index in [1.54, 1.807) is 0 Å². The van der Waals surface area contributed by atoms with Crippen LogP contribution in [-0.4, -0.2) is 9.67 Å². The smallest absolute Gasteiger partial charge is 0.258 e. The Morgan fingerprint density at radius 2 is 1.52 bits per heavy atom. The molecule has 27 heavy (non-hydrogen) atoms. The van der Waals surface area contributed by atoms with Gasteiger partial charge in [-0.2, -0.15) is 0 Å². The Bertz CT molecular complexity index is 610. The maximum atomic E-state index is 10.1. The highest BCUT2D eigenvalue weighted by Gasteiger charge is 2.19. The molecule has 0 aliphatic heterocycles. The van der Waals surface area contributed by atoms with Crippen LogP contribution in [0.25, 0.3) is 0 Å². The Morgan fingerprint density at radius 1 is 0.926 bits per heavy atom. The summed E-state index contributed by atoms with van der Waals surface area (Å²) >= 11 is 0. The fourth-order valence-corrected chi connectivity index (χ4v) is 3.60. The van der Waals surface area contributed by atoms with E-state index in [2.05, 4.69) is 48.0 Å². The van der Waals surface area contributed by atoms with Crippen molar-refractivity contribution in [3.63, 3.8) is 0 Å². The van der Waals surface area contributed by atoms with Gasteiger partial charge in [0.25, 0.3) is 5.82 Å². The van der Waals surface area contributed by atoms with E-state index in [1.165, 1.54) is 69.2 Å². The minimum atomic E-state index is -0.472. The largest absolute Gasteiger partial charge is 1.00 e. The monoisotopic (exact) mass is 376 g/mol. The minimum absolute atomic E-state index is 0. The van der Waals surface area contributed by atoms with Gasteiger partial charge in [-0.25, -0.2) is 9.13 Å². The number of benzene rings is 1. The van der Waals surface area contributed by atoms with Gasteiger partial charge < -0.3 is 9.81 Å². The van der Waals surface area contributed by atoms with Crippen molar-refractivity contribution in [2.24, 2.45) is 0 Å². The molecule has 152 valence electrons. The molecular formula is C23H37FN2O. The lowest BCUT2D eigenvalue weighted by molar-refractivity contribution is -0.695. The van der Waals surface area contributed by atoms with Gasteiger partial charge in [0.05, 0.1) is 0 Å². The highest BCUT2D eigenvalue weighted by atomic mass is 19.0. The summed E-state index contributed by atoms with van der Waals surface area (Å²) < 4.78 is 4.29. The van der Waals surface area contributed by atoms with Gasteiger partial charge in [-0.15, -0.1) is 0 Å². The molecule has 0 saturated heterocycles. The number of aromatic nitrogens is 2. The van der Waals surface area contributed by atoms with E-state index in [0.29, 0.717) is 0 Å². The number of hydrogen-bond acceptors (Lipinski definition) is 1. The van der Waals surface area contributed by atoms with Crippen LogP contribution in [0.1, 0.15) is 89.3 Å². The van der Waals surface area contributed by atoms with Crippen molar-refractivity contribution in [2.75, 3.05) is 0 Å². The first-order chi connectivity index (χ1) is 12.7. The summed E-state index contributed by atoms with van der Waals surface area (Å²) in [6.45, 7) is 4.98. The van der Waals surface area contributed by atoms with Crippen LogP contribution in [0.15, 0.2) is 42.7 Å². The van der Waals surface area contributed by atoms with Gasteiger partial charge in [0.15, 0.2) is 6.23 Å². The summed E-state index contributed by atoms with van der Waals surface area (Å²) in [7, 11) is 0. The summed E-state index contributed by atoms with van der Waals surface area (Å²) in [5, 5.41) is 10.1. The molecule has 1 unspecified atom stereocenters. The number of rotatable bonds is 13. The first-order valence-electron chi connectivity index (χ1n) is 10.5. The van der Waals surface area contributed by atoms with Crippen LogP contribution < -0.4 is 9.27 Å². The van der Waals surface area contributed by atoms with Crippen molar-refractivity contribution in [3.05, 3.63) is 54.1 Å². The Kier molecular flexibility index (Phi) is 11.7. The third-order valence-corrected chi connectivity index (χ3v) is 5.14. The van der Waals surface area contributed by atoms with Crippen molar-refractivity contribution in [2.45, 2.75) is 90.8 Å². The fourth-order valence-electron chi connectivity index (χ4n) is 3.60. The predicted molar refractivity (Wildman–Crippen MR) is 108 cm³/mol. The van der Waals surface area contributed by atoms with Gasteiger partial charge in [0.2, 0.25) is 0 Å². The van der Waals surface area contributed by atoms with Crippen molar-refractivity contribution in [1.82, 2.24) is 4.57 Å². The van der Waals surface area contributed by atoms with Crippen LogP contribution in [0.4, 0.5) is 0 Å². The van der Waals surface area contributed by atoms with Gasteiger partial charge in [-0.1, -0.05) is 88.6 Å². The summed E-state index contributed by atoms with van der Waals surface area (Å²) in [4.78, 5) is 0. The third-order valence-electron chi connectivity index (χ3n) is 5.14. The zero-order chi connectivity index (χ0) is 18.6. The molecule has 0 saturated carbocycles. The third kappa shape index (κ3) is 8.25. The number of aliphatic hydroxyl groups is 1. The van der Waals surface area contributed by atoms with Crippen LogP contribution in [0.5, 0.6) is 0 Å². The summed E-state index contributed by atoms with van der Waals surface area (Å²) in [5.41, 5.74) is 1.30. The lowest BCUT2D eigenvalue weighted by atomic mass is 10.1. The second kappa shape index (κ2) is 13.5. The average Bonchev–Trinajstić information content (AvgIpc) is 3.04. The second-order valence-corrected chi connectivity index (χ2v) is 7.45. The lowest BCUT2D eigenvalue weighted by Crippen LogP contribution is -3.00. The van der Waals surface area contributed by atoms with Gasteiger partial charge in [0, 0.05) is 13.3 Å². The maximum absolute atomic E-state index is 10.1. The normalized spacial score (nSPS) is 12.0. The van der Waals surface area contributed by atoms with Gasteiger partial charge in [-0.05, 0) is 12.0 Å². The summed E-state index contributed by atoms with van der Waals surface area (Å²) in [6, 6.07) is 10.5. The number of imidazole rings is 1. The van der Waals surface area contributed by atoms with E-state index in [1.807, 2.05) is 17.7 Å². The molecule has 1 heterocycles. The van der Waals surface area contributed by atoms with Crippen molar-refractivity contribution in [3.8, 4) is 0 Å². The Morgan fingerprint density at radius 3 is 2.11 bits per heavy atom. The Balaban J connectivity index is 0.00000364. The first kappa shape index (κ1) is 23.4. The molecule has 1 atom stereocenters. The van der Waals surface area contributed by atoms with Crippen LogP contribution in [-0.2, 0) is 13.0 Å². The first-order valence-corrected chi connectivity index (χ1v) is 10.5. The molecule has 0 amide bonds. The molecular weight excluding hydrogens is 339 g/mol. The van der Waals surface area contributed by atoms with Crippen LogP contribution in [0.3, 0.4) is 0 Å². The molecule has 3 nitrogen and oxygen atoms in total. The average molecular weight is 377 g/mol. The number of unbranched alkanes of at least 4 members (excludes halogenated alkanes) is 8. The van der Waals surface area contributed by atoms with Crippen molar-refractivity contribution in [1.29, 1.82) is 0 Å². The van der Waals surface area contributed by atoms with Gasteiger partial charge in [-0.3, -0.25) is 0 Å². The molecule has 1 aromatic carbocycles. The highest BCUT2D eigenvalue weighted by Crippen LogP contribution is 2.13. The molecule has 0 aliphatic carbocycles. The van der Waals surface area contributed by atoms with E-state index < -0.39 is 6.23 Å². The topological polar surface area (TPSA) is 29.0 Å². The predicted octanol–water partition coefficient (Wildman–Crippen LogP) is 2.41. The van der Waals surface area contributed by atoms with Gasteiger partial charge in [0.1, 0.15) is 18.9 Å². The summed E-state index contributed by atoms with van der Waals surface area (Å²) in [5.74, 6) is 1.23. The zero-order valence-corrected chi connectivity index (χ0v) is 17.1. The fraction of sp³-hybridized carbons (Fsp3) is 0.609. The van der Waals surface area contributed by atoms with E-state index >= 15 is 0 Å². The van der Waals surface area contributed by atoms with E-state index in [0.717, 1.165) is 13.0 Å². The van der Waals surface area contributed by atoms with E-state index in [4.69, 9.17) is 0 Å². The van der Waals surface area contributed by atoms with E-state index in [-0.39, 0.29) is 4.70 Å². The summed E-state index contributed by atoms with van der Waals surface area (Å²) in [6.07, 6.45) is 16.7. The molecule has 0 spiro atoms. The number of nitrogens with zero attached hydrogens (tertiary/aromatic N) is 2. The quantitative estimate of drug-likeness (QED) is 0.422. The van der Waals surface area contributed by atoms with Crippen molar-refractivity contribution >= 4 is 0 Å². The number of aliphatic hydroxyl groups excluding tert-OH is 1. The molecule has 0 fully saturated rings. The van der Waals surface area contributed by atoms with Crippen LogP contribution in [0, 0.1) is 0 Å². The molecule has 2 aromatic rings. The number of hydrogen-bond donors (Lipinski definition) is 1. The lowest BCUT2D eigenvalue weighted by Gasteiger charge is -2.08. The highest BCUT2D eigenvalue weighted by molar-refractivity contribution is 5.13. The molecule has 0 aliphatic rings.